The minimum absolute atomic E-state index is 0.0861. The topological polar surface area (TPSA) is 95.0 Å². The number of carbonyl (C=O) groups excluding carboxylic acids is 4. The SMILES string of the molecule is C=Cc1ccc(N2C(=O)C3CC=C4C(CC5(Cl)C(=O)N(c6ccc(F)cc6)C(=O)C5(Cl)C4c4ccccc4O)C3C2=O)cc1. The average molecular weight is 631 g/mol. The Morgan fingerprint density at radius 3 is 2.14 bits per heavy atom. The van der Waals surface area contributed by atoms with E-state index in [9.17, 15) is 28.7 Å². The van der Waals surface area contributed by atoms with Crippen molar-refractivity contribution in [2.45, 2.75) is 28.5 Å². The van der Waals surface area contributed by atoms with E-state index in [4.69, 9.17) is 23.2 Å². The van der Waals surface area contributed by atoms with Gasteiger partial charge in [0.05, 0.1) is 23.2 Å². The van der Waals surface area contributed by atoms with Gasteiger partial charge in [-0.05, 0) is 66.8 Å². The quantitative estimate of drug-likeness (QED) is 0.219. The number of phenolic OH excluding ortho intramolecular Hbond substituents is 1. The predicted octanol–water partition coefficient (Wildman–Crippen LogP) is 5.94. The second-order valence-electron chi connectivity index (χ2n) is 11.6. The second-order valence-corrected chi connectivity index (χ2v) is 12.9. The fraction of sp³-hybridized carbons (Fsp3) is 0.235. The van der Waals surface area contributed by atoms with E-state index in [1.165, 1.54) is 23.1 Å². The molecule has 10 heteroatoms. The van der Waals surface area contributed by atoms with Crippen LogP contribution in [0.15, 0.2) is 91.0 Å². The van der Waals surface area contributed by atoms with Crippen LogP contribution < -0.4 is 9.80 Å². The van der Waals surface area contributed by atoms with Gasteiger partial charge in [0.15, 0.2) is 9.75 Å². The summed E-state index contributed by atoms with van der Waals surface area (Å²) in [7, 11) is 0. The third kappa shape index (κ3) is 3.67. The van der Waals surface area contributed by atoms with Gasteiger partial charge in [-0.15, -0.1) is 23.2 Å². The van der Waals surface area contributed by atoms with Crippen molar-refractivity contribution in [3.05, 3.63) is 108 Å². The van der Waals surface area contributed by atoms with Crippen LogP contribution >= 0.6 is 23.2 Å². The highest BCUT2D eigenvalue weighted by Crippen LogP contribution is 2.66. The zero-order valence-electron chi connectivity index (χ0n) is 23.1. The van der Waals surface area contributed by atoms with E-state index < -0.39 is 57.0 Å². The van der Waals surface area contributed by atoms with E-state index in [-0.39, 0.29) is 35.7 Å². The van der Waals surface area contributed by atoms with Crippen LogP contribution in [-0.2, 0) is 19.2 Å². The van der Waals surface area contributed by atoms with Gasteiger partial charge in [-0.1, -0.05) is 54.6 Å². The number of imide groups is 2. The fourth-order valence-electron chi connectivity index (χ4n) is 7.49. The first-order valence-electron chi connectivity index (χ1n) is 14.1. The van der Waals surface area contributed by atoms with Gasteiger partial charge in [-0.2, -0.15) is 0 Å². The third-order valence-electron chi connectivity index (χ3n) is 9.53. The largest absolute Gasteiger partial charge is 0.508 e. The highest BCUT2D eigenvalue weighted by Gasteiger charge is 2.76. The third-order valence-corrected chi connectivity index (χ3v) is 10.9. The number of hydrogen-bond acceptors (Lipinski definition) is 5. The molecule has 2 saturated heterocycles. The number of aromatic hydroxyl groups is 1. The molecule has 0 bridgehead atoms. The van der Waals surface area contributed by atoms with Crippen LogP contribution in [0.2, 0.25) is 0 Å². The van der Waals surface area contributed by atoms with Crippen LogP contribution in [-0.4, -0.2) is 38.5 Å². The van der Waals surface area contributed by atoms with Gasteiger partial charge >= 0.3 is 0 Å². The van der Waals surface area contributed by atoms with Crippen LogP contribution in [0.4, 0.5) is 15.8 Å². The molecule has 4 amide bonds. The van der Waals surface area contributed by atoms with Crippen molar-refractivity contribution in [3.8, 4) is 5.75 Å². The molecule has 7 nitrogen and oxygen atoms in total. The molecule has 4 aliphatic rings. The number of carbonyl (C=O) groups is 4. The molecule has 6 atom stereocenters. The van der Waals surface area contributed by atoms with Crippen molar-refractivity contribution in [2.24, 2.45) is 17.8 Å². The number of anilines is 2. The number of fused-ring (bicyclic) bond motifs is 4. The van der Waals surface area contributed by atoms with Crippen LogP contribution in [0.3, 0.4) is 0 Å². The van der Waals surface area contributed by atoms with Crippen LogP contribution in [0, 0.1) is 23.6 Å². The average Bonchev–Trinajstić information content (AvgIpc) is 3.36. The maximum absolute atomic E-state index is 14.3. The molecule has 222 valence electrons. The zero-order chi connectivity index (χ0) is 31.1. The zero-order valence-corrected chi connectivity index (χ0v) is 24.6. The van der Waals surface area contributed by atoms with E-state index >= 15 is 0 Å². The van der Waals surface area contributed by atoms with Crippen molar-refractivity contribution >= 4 is 64.3 Å². The summed E-state index contributed by atoms with van der Waals surface area (Å²) in [6.45, 7) is 3.74. The summed E-state index contributed by atoms with van der Waals surface area (Å²) in [6.07, 6.45) is 3.44. The molecule has 1 N–H and O–H groups in total. The molecule has 0 radical (unpaired) electrons. The van der Waals surface area contributed by atoms with Gasteiger partial charge in [-0.3, -0.25) is 24.1 Å². The number of amides is 4. The maximum atomic E-state index is 14.3. The normalized spacial score (nSPS) is 31.0. The van der Waals surface area contributed by atoms with Gasteiger partial charge in [0.1, 0.15) is 11.6 Å². The first-order chi connectivity index (χ1) is 21.0. The van der Waals surface area contributed by atoms with Crippen molar-refractivity contribution in [1.82, 2.24) is 0 Å². The number of rotatable bonds is 4. The minimum Gasteiger partial charge on any atom is -0.508 e. The molecule has 2 aliphatic carbocycles. The lowest BCUT2D eigenvalue weighted by molar-refractivity contribution is -0.125. The molecule has 3 fully saturated rings. The lowest BCUT2D eigenvalue weighted by Crippen LogP contribution is -2.60. The second kappa shape index (κ2) is 9.87. The summed E-state index contributed by atoms with van der Waals surface area (Å²) in [4.78, 5) is 54.3. The van der Waals surface area contributed by atoms with E-state index in [0.29, 0.717) is 11.3 Å². The molecule has 7 rings (SSSR count). The van der Waals surface area contributed by atoms with E-state index in [0.717, 1.165) is 22.6 Å². The molecule has 3 aromatic rings. The molecule has 2 aliphatic heterocycles. The highest BCUT2D eigenvalue weighted by molar-refractivity contribution is 6.58. The Morgan fingerprint density at radius 2 is 1.48 bits per heavy atom. The molecular weight excluding hydrogens is 606 g/mol. The number of para-hydroxylation sites is 1. The first-order valence-corrected chi connectivity index (χ1v) is 14.9. The van der Waals surface area contributed by atoms with Crippen molar-refractivity contribution in [1.29, 1.82) is 0 Å². The summed E-state index contributed by atoms with van der Waals surface area (Å²) in [5, 5.41) is 11.0. The maximum Gasteiger partial charge on any atom is 0.258 e. The van der Waals surface area contributed by atoms with Gasteiger partial charge in [0.2, 0.25) is 11.8 Å². The summed E-state index contributed by atoms with van der Waals surface area (Å²) in [5.41, 5.74) is 2.15. The predicted molar refractivity (Wildman–Crippen MR) is 164 cm³/mol. The Bertz CT molecular complexity index is 1810. The molecule has 0 aromatic heterocycles. The Balaban J connectivity index is 1.38. The van der Waals surface area contributed by atoms with Gasteiger partial charge in [0, 0.05) is 11.5 Å². The Hall–Kier alpha value is -4.27. The Kier molecular flexibility index (Phi) is 6.39. The summed E-state index contributed by atoms with van der Waals surface area (Å²) in [5.74, 6) is -6.64. The molecule has 0 spiro atoms. The lowest BCUT2D eigenvalue weighted by atomic mass is 9.56. The number of hydrogen-bond donors (Lipinski definition) is 1. The summed E-state index contributed by atoms with van der Waals surface area (Å²) >= 11 is 14.6. The summed E-state index contributed by atoms with van der Waals surface area (Å²) < 4.78 is 13.8. The number of benzene rings is 3. The first kappa shape index (κ1) is 28.5. The number of phenols is 1. The molecule has 6 unspecified atom stereocenters. The van der Waals surface area contributed by atoms with Gasteiger partial charge in [-0.25, -0.2) is 9.29 Å². The van der Waals surface area contributed by atoms with Crippen molar-refractivity contribution < 1.29 is 28.7 Å². The standard InChI is InChI=1S/C34H25Cl2FN2O5/c1-2-18-7-11-20(12-8-18)38-29(41)24-16-15-22-25(27(24)30(38)42)17-33(35)31(43)39(21-13-9-19(37)10-14-21)32(44)34(33,36)28(22)23-5-3-4-6-26(23)40/h2-15,24-25,27-28,40H,1,16-17H2. The van der Waals surface area contributed by atoms with Gasteiger partial charge in [0.25, 0.3) is 11.8 Å². The van der Waals surface area contributed by atoms with Crippen LogP contribution in [0.25, 0.3) is 6.08 Å². The van der Waals surface area contributed by atoms with Gasteiger partial charge < -0.3 is 5.11 Å². The smallest absolute Gasteiger partial charge is 0.258 e. The summed E-state index contributed by atoms with van der Waals surface area (Å²) in [6, 6.07) is 18.0. The Morgan fingerprint density at radius 1 is 0.841 bits per heavy atom. The number of nitrogens with zero attached hydrogens (tertiary/aromatic N) is 2. The number of alkyl halides is 2. The minimum atomic E-state index is -2.11. The van der Waals surface area contributed by atoms with E-state index in [1.54, 1.807) is 54.6 Å². The van der Waals surface area contributed by atoms with Crippen LogP contribution in [0.5, 0.6) is 5.75 Å². The molecule has 3 aromatic carbocycles. The van der Waals surface area contributed by atoms with Crippen molar-refractivity contribution in [3.63, 3.8) is 0 Å². The van der Waals surface area contributed by atoms with Crippen LogP contribution in [0.1, 0.15) is 29.9 Å². The van der Waals surface area contributed by atoms with E-state index in [1.807, 2.05) is 0 Å². The molecular formula is C34H25Cl2FN2O5. The van der Waals surface area contributed by atoms with E-state index in [2.05, 4.69) is 6.58 Å². The monoisotopic (exact) mass is 630 g/mol. The number of halogens is 3. The lowest BCUT2D eigenvalue weighted by Gasteiger charge is -2.50. The molecule has 44 heavy (non-hydrogen) atoms. The molecule has 2 heterocycles. The Labute approximate surface area is 262 Å². The van der Waals surface area contributed by atoms with Crippen molar-refractivity contribution in [2.75, 3.05) is 9.80 Å². The highest BCUT2D eigenvalue weighted by atomic mass is 35.5. The molecule has 1 saturated carbocycles. The number of allylic oxidation sites excluding steroid dienone is 2. The fourth-order valence-corrected chi connectivity index (χ4v) is 8.42.